The minimum absolute atomic E-state index is 0.0157. The lowest BCUT2D eigenvalue weighted by Crippen LogP contribution is -2.49. The normalized spacial score (nSPS) is 19.3. The summed E-state index contributed by atoms with van der Waals surface area (Å²) >= 11 is 0. The molecule has 0 radical (unpaired) electrons. The molecule has 1 saturated heterocycles. The molecule has 2 atom stereocenters. The smallest absolute Gasteiger partial charge is 0.338 e. The second kappa shape index (κ2) is 8.86. The van der Waals surface area contributed by atoms with Gasteiger partial charge in [-0.05, 0) is 64.3 Å². The number of amides is 1. The predicted octanol–water partition coefficient (Wildman–Crippen LogP) is 2.90. The van der Waals surface area contributed by atoms with E-state index in [1.807, 2.05) is 4.90 Å². The molecule has 1 aromatic heterocycles. The van der Waals surface area contributed by atoms with Gasteiger partial charge in [-0.1, -0.05) is 5.16 Å². The molecule has 1 aromatic carbocycles. The fourth-order valence-corrected chi connectivity index (χ4v) is 3.43. The number of piperidine rings is 1. The van der Waals surface area contributed by atoms with Crippen molar-refractivity contribution in [1.82, 2.24) is 15.0 Å². The average molecular weight is 387 g/mol. The second-order valence-electron chi connectivity index (χ2n) is 7.05. The van der Waals surface area contributed by atoms with Crippen molar-refractivity contribution in [3.8, 4) is 5.75 Å². The highest BCUT2D eigenvalue weighted by Crippen LogP contribution is 2.23. The molecule has 0 spiro atoms. The molecule has 0 N–H and O–H groups in total. The van der Waals surface area contributed by atoms with Crippen molar-refractivity contribution in [2.45, 2.75) is 58.7 Å². The summed E-state index contributed by atoms with van der Waals surface area (Å²) in [5.41, 5.74) is 0.369. The van der Waals surface area contributed by atoms with Crippen molar-refractivity contribution in [1.29, 1.82) is 0 Å². The number of nitrogens with zero attached hydrogens (tertiary/aromatic N) is 3. The number of ether oxygens (including phenoxy) is 2. The van der Waals surface area contributed by atoms with Gasteiger partial charge in [-0.2, -0.15) is 4.98 Å². The SMILES string of the molecule is Cc1noc(COC(=O)c2ccc(OCC(=O)N3C(C)CCCC3C)cc2)n1. The number of esters is 1. The molecule has 1 fully saturated rings. The van der Waals surface area contributed by atoms with Crippen LogP contribution in [0.3, 0.4) is 0 Å². The van der Waals surface area contributed by atoms with Crippen LogP contribution in [0.4, 0.5) is 0 Å². The van der Waals surface area contributed by atoms with Crippen LogP contribution >= 0.6 is 0 Å². The van der Waals surface area contributed by atoms with Gasteiger partial charge in [0.1, 0.15) is 5.75 Å². The van der Waals surface area contributed by atoms with E-state index in [0.717, 1.165) is 19.3 Å². The number of rotatable bonds is 6. The topological polar surface area (TPSA) is 94.8 Å². The Bertz CT molecular complexity index is 808. The zero-order valence-corrected chi connectivity index (χ0v) is 16.4. The summed E-state index contributed by atoms with van der Waals surface area (Å²) in [5.74, 6) is 0.725. The van der Waals surface area contributed by atoms with Gasteiger partial charge in [0.05, 0.1) is 5.56 Å². The number of aromatic nitrogens is 2. The van der Waals surface area contributed by atoms with Gasteiger partial charge in [0, 0.05) is 12.1 Å². The Hall–Kier alpha value is -2.90. The lowest BCUT2D eigenvalue weighted by molar-refractivity contribution is -0.139. The highest BCUT2D eigenvalue weighted by Gasteiger charge is 2.28. The van der Waals surface area contributed by atoms with Gasteiger partial charge in [-0.25, -0.2) is 4.79 Å². The Morgan fingerprint density at radius 2 is 1.86 bits per heavy atom. The molecule has 150 valence electrons. The zero-order valence-electron chi connectivity index (χ0n) is 16.4. The largest absolute Gasteiger partial charge is 0.484 e. The van der Waals surface area contributed by atoms with E-state index in [1.165, 1.54) is 0 Å². The van der Waals surface area contributed by atoms with Crippen LogP contribution in [-0.2, 0) is 16.1 Å². The summed E-state index contributed by atoms with van der Waals surface area (Å²) in [6.07, 6.45) is 3.20. The van der Waals surface area contributed by atoms with Gasteiger partial charge < -0.3 is 18.9 Å². The third kappa shape index (κ3) is 4.88. The van der Waals surface area contributed by atoms with Crippen LogP contribution in [0.2, 0.25) is 0 Å². The van der Waals surface area contributed by atoms with Crippen molar-refractivity contribution in [3.05, 3.63) is 41.5 Å². The van der Waals surface area contributed by atoms with E-state index in [9.17, 15) is 9.59 Å². The van der Waals surface area contributed by atoms with E-state index in [2.05, 4.69) is 24.0 Å². The van der Waals surface area contributed by atoms with Crippen LogP contribution in [0.5, 0.6) is 5.75 Å². The van der Waals surface area contributed by atoms with Crippen molar-refractivity contribution < 1.29 is 23.6 Å². The highest BCUT2D eigenvalue weighted by molar-refractivity contribution is 5.89. The van der Waals surface area contributed by atoms with Gasteiger partial charge in [-0.3, -0.25) is 4.79 Å². The molecular weight excluding hydrogens is 362 g/mol. The summed E-state index contributed by atoms with van der Waals surface area (Å²) in [6, 6.07) is 6.94. The summed E-state index contributed by atoms with van der Waals surface area (Å²) < 4.78 is 15.6. The van der Waals surface area contributed by atoms with E-state index < -0.39 is 5.97 Å². The molecular formula is C20H25N3O5. The molecule has 3 rings (SSSR count). The number of likely N-dealkylation sites (tertiary alicyclic amines) is 1. The summed E-state index contributed by atoms with van der Waals surface area (Å²) in [6.45, 7) is 5.73. The molecule has 1 aliphatic rings. The van der Waals surface area contributed by atoms with Gasteiger partial charge in [0.2, 0.25) is 0 Å². The molecule has 0 bridgehead atoms. The van der Waals surface area contributed by atoms with Crippen molar-refractivity contribution in [3.63, 3.8) is 0 Å². The summed E-state index contributed by atoms with van der Waals surface area (Å²) in [5, 5.41) is 3.63. The first-order chi connectivity index (χ1) is 13.4. The number of hydrogen-bond acceptors (Lipinski definition) is 7. The maximum absolute atomic E-state index is 12.5. The maximum atomic E-state index is 12.5. The molecule has 28 heavy (non-hydrogen) atoms. The first-order valence-corrected chi connectivity index (χ1v) is 9.44. The third-order valence-corrected chi connectivity index (χ3v) is 4.83. The summed E-state index contributed by atoms with van der Waals surface area (Å²) in [4.78, 5) is 30.4. The molecule has 2 heterocycles. The number of carbonyl (C=O) groups excluding carboxylic acids is 2. The molecule has 2 unspecified atom stereocenters. The van der Waals surface area contributed by atoms with Crippen LogP contribution in [0, 0.1) is 6.92 Å². The van der Waals surface area contributed by atoms with Crippen LogP contribution < -0.4 is 4.74 Å². The summed E-state index contributed by atoms with van der Waals surface area (Å²) in [7, 11) is 0. The minimum Gasteiger partial charge on any atom is -0.484 e. The van der Waals surface area contributed by atoms with E-state index in [-0.39, 0.29) is 37.1 Å². The standard InChI is InChI=1S/C20H25N3O5/c1-13-5-4-6-14(2)23(13)19(24)12-26-17-9-7-16(8-10-17)20(25)27-11-18-21-15(3)22-28-18/h7-10,13-14H,4-6,11-12H2,1-3H3. The first-order valence-electron chi connectivity index (χ1n) is 9.44. The van der Waals surface area contributed by atoms with Crippen molar-refractivity contribution in [2.75, 3.05) is 6.61 Å². The van der Waals surface area contributed by atoms with Crippen LogP contribution in [0.1, 0.15) is 55.2 Å². The predicted molar refractivity (Wildman–Crippen MR) is 99.7 cm³/mol. The number of hydrogen-bond donors (Lipinski definition) is 0. The number of aryl methyl sites for hydroxylation is 1. The monoisotopic (exact) mass is 387 g/mol. The first kappa shape index (κ1) is 19.9. The number of carbonyl (C=O) groups is 2. The quantitative estimate of drug-likeness (QED) is 0.703. The van der Waals surface area contributed by atoms with E-state index in [4.69, 9.17) is 14.0 Å². The lowest BCUT2D eigenvalue weighted by atomic mass is 9.97. The minimum atomic E-state index is -0.505. The molecule has 1 amide bonds. The molecule has 0 saturated carbocycles. The average Bonchev–Trinajstić information content (AvgIpc) is 3.10. The van der Waals surface area contributed by atoms with Crippen molar-refractivity contribution >= 4 is 11.9 Å². The van der Waals surface area contributed by atoms with E-state index in [0.29, 0.717) is 17.1 Å². The van der Waals surface area contributed by atoms with E-state index >= 15 is 0 Å². The van der Waals surface area contributed by atoms with Gasteiger partial charge >= 0.3 is 5.97 Å². The molecule has 2 aromatic rings. The zero-order chi connectivity index (χ0) is 20.1. The van der Waals surface area contributed by atoms with Crippen LogP contribution in [0.25, 0.3) is 0 Å². The lowest BCUT2D eigenvalue weighted by Gasteiger charge is -2.38. The Kier molecular flexibility index (Phi) is 6.28. The Morgan fingerprint density at radius 1 is 1.18 bits per heavy atom. The van der Waals surface area contributed by atoms with E-state index in [1.54, 1.807) is 31.2 Å². The number of benzene rings is 1. The molecule has 8 heteroatoms. The van der Waals surface area contributed by atoms with Gasteiger partial charge in [0.25, 0.3) is 11.8 Å². The van der Waals surface area contributed by atoms with Gasteiger partial charge in [0.15, 0.2) is 19.0 Å². The van der Waals surface area contributed by atoms with Crippen LogP contribution in [-0.4, -0.2) is 45.6 Å². The molecule has 8 nitrogen and oxygen atoms in total. The van der Waals surface area contributed by atoms with Crippen molar-refractivity contribution in [2.24, 2.45) is 0 Å². The molecule has 1 aliphatic heterocycles. The Labute approximate surface area is 163 Å². The second-order valence-corrected chi connectivity index (χ2v) is 7.05. The Morgan fingerprint density at radius 3 is 2.46 bits per heavy atom. The highest BCUT2D eigenvalue weighted by atomic mass is 16.6. The third-order valence-electron chi connectivity index (χ3n) is 4.83. The maximum Gasteiger partial charge on any atom is 0.338 e. The fraction of sp³-hybridized carbons (Fsp3) is 0.500. The Balaban J connectivity index is 1.49. The fourth-order valence-electron chi connectivity index (χ4n) is 3.43. The molecule has 0 aliphatic carbocycles. The van der Waals surface area contributed by atoms with Gasteiger partial charge in [-0.15, -0.1) is 0 Å². The van der Waals surface area contributed by atoms with Crippen LogP contribution in [0.15, 0.2) is 28.8 Å².